The summed E-state index contributed by atoms with van der Waals surface area (Å²) in [5.41, 5.74) is 0. The molecule has 0 saturated carbocycles. The summed E-state index contributed by atoms with van der Waals surface area (Å²) in [6, 6.07) is 3.55. The predicted molar refractivity (Wildman–Crippen MR) is 74.0 cm³/mol. The van der Waals surface area contributed by atoms with E-state index in [0.29, 0.717) is 25.8 Å². The van der Waals surface area contributed by atoms with E-state index in [9.17, 15) is 14.7 Å². The Hall–Kier alpha value is -1.36. The van der Waals surface area contributed by atoms with Crippen molar-refractivity contribution in [3.63, 3.8) is 0 Å². The van der Waals surface area contributed by atoms with Gasteiger partial charge in [0.1, 0.15) is 0 Å². The van der Waals surface area contributed by atoms with E-state index in [1.807, 2.05) is 24.4 Å². The number of rotatable bonds is 4. The van der Waals surface area contributed by atoms with Gasteiger partial charge < -0.3 is 10.0 Å². The fourth-order valence-electron chi connectivity index (χ4n) is 2.72. The molecule has 1 amide bonds. The lowest BCUT2D eigenvalue weighted by atomic mass is 9.93. The molecule has 1 N–H and O–H groups in total. The van der Waals surface area contributed by atoms with Gasteiger partial charge in [0.2, 0.25) is 5.91 Å². The van der Waals surface area contributed by atoms with Gasteiger partial charge in [-0.2, -0.15) is 0 Å². The zero-order valence-corrected chi connectivity index (χ0v) is 11.9. The van der Waals surface area contributed by atoms with Gasteiger partial charge in [0, 0.05) is 17.8 Å². The molecule has 0 spiro atoms. The summed E-state index contributed by atoms with van der Waals surface area (Å²) in [5.74, 6) is -1.20. The van der Waals surface area contributed by atoms with Crippen molar-refractivity contribution >= 4 is 23.2 Å². The first-order valence-electron chi connectivity index (χ1n) is 6.70. The van der Waals surface area contributed by atoms with Crippen LogP contribution in [0.15, 0.2) is 17.5 Å². The molecule has 1 saturated heterocycles. The summed E-state index contributed by atoms with van der Waals surface area (Å²) in [4.78, 5) is 26.5. The van der Waals surface area contributed by atoms with Crippen LogP contribution in [-0.2, 0) is 9.59 Å². The van der Waals surface area contributed by atoms with E-state index in [1.54, 1.807) is 4.90 Å². The predicted octanol–water partition coefficient (Wildman–Crippen LogP) is 2.91. The third-order valence-electron chi connectivity index (χ3n) is 3.56. The van der Waals surface area contributed by atoms with Crippen LogP contribution in [0.25, 0.3) is 0 Å². The Morgan fingerprint density at radius 3 is 2.95 bits per heavy atom. The van der Waals surface area contributed by atoms with Gasteiger partial charge in [-0.3, -0.25) is 9.59 Å². The van der Waals surface area contributed by atoms with E-state index in [2.05, 4.69) is 0 Å². The van der Waals surface area contributed by atoms with Crippen LogP contribution in [0.5, 0.6) is 0 Å². The Labute approximate surface area is 117 Å². The molecule has 1 aliphatic heterocycles. The number of carboxylic acids is 1. The topological polar surface area (TPSA) is 57.6 Å². The first kappa shape index (κ1) is 14.1. The Bertz CT molecular complexity index is 444. The van der Waals surface area contributed by atoms with Crippen molar-refractivity contribution in [1.29, 1.82) is 0 Å². The summed E-state index contributed by atoms with van der Waals surface area (Å²) in [7, 11) is 0. The Balaban J connectivity index is 2.39. The van der Waals surface area contributed by atoms with Gasteiger partial charge >= 0.3 is 5.97 Å². The first-order valence-corrected chi connectivity index (χ1v) is 7.58. The van der Waals surface area contributed by atoms with Gasteiger partial charge in [0.25, 0.3) is 0 Å². The minimum absolute atomic E-state index is 0.0870. The van der Waals surface area contributed by atoms with Crippen LogP contribution < -0.4 is 0 Å². The van der Waals surface area contributed by atoms with E-state index >= 15 is 0 Å². The normalized spacial score (nSPS) is 24.3. The summed E-state index contributed by atoms with van der Waals surface area (Å²) < 4.78 is 0. The Kier molecular flexibility index (Phi) is 4.58. The molecule has 104 valence electrons. The summed E-state index contributed by atoms with van der Waals surface area (Å²) >= 11 is 1.53. The number of carbonyl (C=O) groups excluding carboxylic acids is 1. The molecule has 2 unspecified atom stereocenters. The highest BCUT2D eigenvalue weighted by Crippen LogP contribution is 2.38. The molecule has 1 aromatic heterocycles. The van der Waals surface area contributed by atoms with Gasteiger partial charge in [-0.15, -0.1) is 11.3 Å². The molecule has 5 heteroatoms. The van der Waals surface area contributed by atoms with Gasteiger partial charge in [0.05, 0.1) is 12.0 Å². The first-order chi connectivity index (χ1) is 9.15. The van der Waals surface area contributed by atoms with E-state index in [4.69, 9.17) is 0 Å². The molecule has 2 atom stereocenters. The summed E-state index contributed by atoms with van der Waals surface area (Å²) in [6.07, 6.45) is 2.55. The number of thiophene rings is 1. The number of likely N-dealkylation sites (tertiary alicyclic amines) is 1. The molecular weight excluding hydrogens is 262 g/mol. The number of aliphatic carboxylic acids is 1. The van der Waals surface area contributed by atoms with Gasteiger partial charge in [-0.1, -0.05) is 13.0 Å². The van der Waals surface area contributed by atoms with Crippen LogP contribution in [0.4, 0.5) is 0 Å². The molecule has 1 aliphatic rings. The minimum Gasteiger partial charge on any atom is -0.481 e. The second kappa shape index (κ2) is 6.19. The van der Waals surface area contributed by atoms with Crippen molar-refractivity contribution in [2.45, 2.75) is 38.6 Å². The van der Waals surface area contributed by atoms with Crippen LogP contribution in [0.3, 0.4) is 0 Å². The molecule has 4 nitrogen and oxygen atoms in total. The van der Waals surface area contributed by atoms with Crippen molar-refractivity contribution in [2.24, 2.45) is 5.92 Å². The van der Waals surface area contributed by atoms with Crippen LogP contribution >= 0.6 is 11.3 Å². The number of hydrogen-bond donors (Lipinski definition) is 1. The van der Waals surface area contributed by atoms with E-state index in [1.165, 1.54) is 11.3 Å². The quantitative estimate of drug-likeness (QED) is 0.923. The zero-order valence-electron chi connectivity index (χ0n) is 11.0. The van der Waals surface area contributed by atoms with E-state index < -0.39 is 11.9 Å². The largest absolute Gasteiger partial charge is 0.481 e. The smallest absolute Gasteiger partial charge is 0.308 e. The van der Waals surface area contributed by atoms with Crippen molar-refractivity contribution in [2.75, 3.05) is 6.54 Å². The highest BCUT2D eigenvalue weighted by atomic mass is 32.1. The number of carbonyl (C=O) groups is 2. The van der Waals surface area contributed by atoms with E-state index in [-0.39, 0.29) is 11.9 Å². The van der Waals surface area contributed by atoms with Crippen LogP contribution in [0, 0.1) is 5.92 Å². The third kappa shape index (κ3) is 2.97. The molecule has 19 heavy (non-hydrogen) atoms. The standard InChI is InChI=1S/C14H19NO3S/c1-2-8-15-12(16)7-3-5-10(14(17)18)13(15)11-6-4-9-19-11/h4,6,9-10,13H,2-3,5,7-8H2,1H3,(H,17,18). The Morgan fingerprint density at radius 1 is 1.58 bits per heavy atom. The molecule has 0 aliphatic carbocycles. The lowest BCUT2D eigenvalue weighted by Gasteiger charge is -2.32. The van der Waals surface area contributed by atoms with Crippen LogP contribution in [-0.4, -0.2) is 28.4 Å². The van der Waals surface area contributed by atoms with Crippen molar-refractivity contribution in [1.82, 2.24) is 4.90 Å². The van der Waals surface area contributed by atoms with Gasteiger partial charge in [-0.05, 0) is 30.7 Å². The molecular formula is C14H19NO3S. The van der Waals surface area contributed by atoms with Gasteiger partial charge in [0.15, 0.2) is 0 Å². The van der Waals surface area contributed by atoms with Crippen molar-refractivity contribution in [3.05, 3.63) is 22.4 Å². The molecule has 2 rings (SSSR count). The van der Waals surface area contributed by atoms with Gasteiger partial charge in [-0.25, -0.2) is 0 Å². The number of nitrogens with zero attached hydrogens (tertiary/aromatic N) is 1. The Morgan fingerprint density at radius 2 is 2.37 bits per heavy atom. The second-order valence-corrected chi connectivity index (χ2v) is 5.86. The molecule has 1 fully saturated rings. The molecule has 0 radical (unpaired) electrons. The third-order valence-corrected chi connectivity index (χ3v) is 4.50. The average molecular weight is 281 g/mol. The van der Waals surface area contributed by atoms with Crippen LogP contribution in [0.2, 0.25) is 0 Å². The SMILES string of the molecule is CCCN1C(=O)CCCC(C(=O)O)C1c1cccs1. The number of amides is 1. The molecule has 1 aromatic rings. The summed E-state index contributed by atoms with van der Waals surface area (Å²) in [5, 5.41) is 11.4. The van der Waals surface area contributed by atoms with Crippen LogP contribution in [0.1, 0.15) is 43.5 Å². The monoisotopic (exact) mass is 281 g/mol. The number of hydrogen-bond acceptors (Lipinski definition) is 3. The van der Waals surface area contributed by atoms with Crippen molar-refractivity contribution in [3.8, 4) is 0 Å². The second-order valence-electron chi connectivity index (χ2n) is 4.88. The maximum atomic E-state index is 12.2. The number of carboxylic acid groups (broad SMARTS) is 1. The summed E-state index contributed by atoms with van der Waals surface area (Å²) in [6.45, 7) is 2.64. The molecule has 0 bridgehead atoms. The lowest BCUT2D eigenvalue weighted by Crippen LogP contribution is -2.39. The fourth-order valence-corrected chi connectivity index (χ4v) is 3.62. The average Bonchev–Trinajstić information content (AvgIpc) is 2.84. The zero-order chi connectivity index (χ0) is 13.8. The molecule has 2 heterocycles. The maximum absolute atomic E-state index is 12.2. The minimum atomic E-state index is -0.797. The molecule has 0 aromatic carbocycles. The van der Waals surface area contributed by atoms with Crippen molar-refractivity contribution < 1.29 is 14.7 Å². The fraction of sp³-hybridized carbons (Fsp3) is 0.571. The highest BCUT2D eigenvalue weighted by Gasteiger charge is 2.38. The maximum Gasteiger partial charge on any atom is 0.308 e. The highest BCUT2D eigenvalue weighted by molar-refractivity contribution is 7.10. The lowest BCUT2D eigenvalue weighted by molar-refractivity contribution is -0.146. The van der Waals surface area contributed by atoms with E-state index in [0.717, 1.165) is 11.3 Å².